The van der Waals surface area contributed by atoms with Gasteiger partial charge in [0.2, 0.25) is 0 Å². The lowest BCUT2D eigenvalue weighted by Gasteiger charge is -2.36. The highest BCUT2D eigenvalue weighted by molar-refractivity contribution is 7.99. The first-order valence-electron chi connectivity index (χ1n) is 12.5. The summed E-state index contributed by atoms with van der Waals surface area (Å²) < 4.78 is 35.0. The maximum Gasteiger partial charge on any atom is 0.294 e. The van der Waals surface area contributed by atoms with Crippen LogP contribution in [0.25, 0.3) is 0 Å². The lowest BCUT2D eigenvalue weighted by molar-refractivity contribution is 0.0652. The second-order valence-corrected chi connectivity index (χ2v) is 11.5. The molecule has 3 aromatic carbocycles. The Labute approximate surface area is 228 Å². The number of aliphatic imine (C=N–C) groups is 1. The van der Waals surface area contributed by atoms with Crippen LogP contribution in [0.15, 0.2) is 92.5 Å². The van der Waals surface area contributed by atoms with Gasteiger partial charge in [-0.25, -0.2) is 4.99 Å². The van der Waals surface area contributed by atoms with E-state index in [2.05, 4.69) is 58.3 Å². The van der Waals surface area contributed by atoms with E-state index < -0.39 is 10.1 Å². The van der Waals surface area contributed by atoms with Crippen molar-refractivity contribution < 1.29 is 22.8 Å². The van der Waals surface area contributed by atoms with E-state index >= 15 is 0 Å². The SMILES string of the molecule is Cc1ccc(S(=O)(=O)O)cc1.OCCOCCN1CCN(C2=Nc3ccccc3Sc3ccccc32)CC1. The van der Waals surface area contributed by atoms with Crippen molar-refractivity contribution in [3.63, 3.8) is 0 Å². The first kappa shape index (κ1) is 28.3. The molecule has 1 fully saturated rings. The van der Waals surface area contributed by atoms with Crippen LogP contribution in [0, 0.1) is 6.92 Å². The Morgan fingerprint density at radius 3 is 2.24 bits per heavy atom. The van der Waals surface area contributed by atoms with Gasteiger partial charge in [0.25, 0.3) is 10.1 Å². The third-order valence-corrected chi connectivity index (χ3v) is 8.23. The van der Waals surface area contributed by atoms with Crippen LogP contribution in [0.3, 0.4) is 0 Å². The van der Waals surface area contributed by atoms with E-state index in [9.17, 15) is 8.42 Å². The number of nitrogens with zero attached hydrogens (tertiary/aromatic N) is 3. The molecular weight excluding hydrogens is 522 g/mol. The molecule has 0 saturated carbocycles. The normalized spacial score (nSPS) is 15.4. The molecule has 38 heavy (non-hydrogen) atoms. The summed E-state index contributed by atoms with van der Waals surface area (Å²) in [6.45, 7) is 7.85. The number of rotatable bonds is 6. The van der Waals surface area contributed by atoms with Gasteiger partial charge in [-0.05, 0) is 37.3 Å². The molecule has 10 heteroatoms. The summed E-state index contributed by atoms with van der Waals surface area (Å²) in [5, 5.41) is 8.79. The van der Waals surface area contributed by atoms with Crippen molar-refractivity contribution in [2.75, 3.05) is 52.5 Å². The van der Waals surface area contributed by atoms with Crippen LogP contribution in [0.2, 0.25) is 0 Å². The van der Waals surface area contributed by atoms with Crippen LogP contribution in [-0.4, -0.2) is 86.3 Å². The van der Waals surface area contributed by atoms with Crippen LogP contribution in [0.5, 0.6) is 0 Å². The number of piperazine rings is 1. The molecule has 202 valence electrons. The van der Waals surface area contributed by atoms with Crippen LogP contribution in [0.4, 0.5) is 5.69 Å². The molecule has 0 radical (unpaired) electrons. The molecule has 0 amide bonds. The number of aryl methyl sites for hydroxylation is 1. The second kappa shape index (κ2) is 13.4. The molecule has 0 unspecified atom stereocenters. The fourth-order valence-corrected chi connectivity index (χ4v) is 5.66. The number of aliphatic hydroxyl groups excluding tert-OH is 1. The summed E-state index contributed by atoms with van der Waals surface area (Å²) in [4.78, 5) is 12.3. The van der Waals surface area contributed by atoms with E-state index in [1.165, 1.54) is 27.5 Å². The van der Waals surface area contributed by atoms with E-state index in [1.807, 2.05) is 6.92 Å². The Kier molecular flexibility index (Phi) is 9.95. The summed E-state index contributed by atoms with van der Waals surface area (Å²) in [6, 6.07) is 22.9. The predicted molar refractivity (Wildman–Crippen MR) is 150 cm³/mol. The predicted octanol–water partition coefficient (Wildman–Crippen LogP) is 4.10. The maximum atomic E-state index is 10.5. The third-order valence-electron chi connectivity index (χ3n) is 6.22. The standard InChI is InChI=1S/C21H25N3O2S.C7H8O3S/c25-14-16-26-15-13-23-9-11-24(12-10-23)21-17-5-1-3-7-19(17)27-20-8-4-2-6-18(20)22-21;1-6-2-4-7(5-3-6)11(8,9)10/h1-8,25H,9-16H2;2-5H,1H3,(H,8,9,10). The Hall–Kier alpha value is -2.73. The van der Waals surface area contributed by atoms with Gasteiger partial charge in [0.05, 0.1) is 30.4 Å². The van der Waals surface area contributed by atoms with Crippen molar-refractivity contribution in [1.29, 1.82) is 0 Å². The molecular formula is C28H33N3O5S2. The van der Waals surface area contributed by atoms with Gasteiger partial charge in [0.15, 0.2) is 0 Å². The van der Waals surface area contributed by atoms with Crippen LogP contribution in [0.1, 0.15) is 11.1 Å². The highest BCUT2D eigenvalue weighted by Crippen LogP contribution is 2.40. The Bertz CT molecular complexity index is 1340. The third kappa shape index (κ3) is 7.66. The summed E-state index contributed by atoms with van der Waals surface area (Å²) >= 11 is 1.80. The Morgan fingerprint density at radius 1 is 0.895 bits per heavy atom. The second-order valence-electron chi connectivity index (χ2n) is 8.95. The summed E-state index contributed by atoms with van der Waals surface area (Å²) in [5.41, 5.74) is 3.23. The van der Waals surface area contributed by atoms with Crippen molar-refractivity contribution in [3.05, 3.63) is 83.9 Å². The molecule has 1 saturated heterocycles. The molecule has 2 aliphatic heterocycles. The zero-order valence-electron chi connectivity index (χ0n) is 21.4. The van der Waals surface area contributed by atoms with E-state index in [4.69, 9.17) is 19.4 Å². The summed E-state index contributed by atoms with van der Waals surface area (Å²) in [7, 11) is -4.02. The molecule has 0 spiro atoms. The smallest absolute Gasteiger partial charge is 0.294 e. The highest BCUT2D eigenvalue weighted by atomic mass is 32.2. The van der Waals surface area contributed by atoms with Crippen molar-refractivity contribution in [1.82, 2.24) is 9.80 Å². The van der Waals surface area contributed by atoms with Gasteiger partial charge in [-0.1, -0.05) is 59.8 Å². The summed E-state index contributed by atoms with van der Waals surface area (Å²) in [5.74, 6) is 1.08. The minimum absolute atomic E-state index is 0.0666. The van der Waals surface area contributed by atoms with Gasteiger partial charge in [-0.2, -0.15) is 8.42 Å². The number of hydrogen-bond acceptors (Lipinski definition) is 8. The van der Waals surface area contributed by atoms with Crippen molar-refractivity contribution in [2.45, 2.75) is 21.6 Å². The number of amidine groups is 1. The quantitative estimate of drug-likeness (QED) is 0.346. The molecule has 2 heterocycles. The van der Waals surface area contributed by atoms with Gasteiger partial charge in [0, 0.05) is 48.1 Å². The lowest BCUT2D eigenvalue weighted by Crippen LogP contribution is -2.49. The number of hydrogen-bond donors (Lipinski definition) is 2. The summed E-state index contributed by atoms with van der Waals surface area (Å²) in [6.07, 6.45) is 0. The zero-order valence-corrected chi connectivity index (χ0v) is 23.0. The Morgan fingerprint density at radius 2 is 1.55 bits per heavy atom. The Balaban J connectivity index is 0.000000257. The van der Waals surface area contributed by atoms with Crippen LogP contribution >= 0.6 is 11.8 Å². The van der Waals surface area contributed by atoms with E-state index in [0.29, 0.717) is 13.2 Å². The molecule has 2 aliphatic rings. The zero-order chi connectivity index (χ0) is 27.0. The minimum atomic E-state index is -4.02. The van der Waals surface area contributed by atoms with E-state index in [0.717, 1.165) is 49.8 Å². The molecule has 5 rings (SSSR count). The molecule has 0 aromatic heterocycles. The largest absolute Gasteiger partial charge is 0.394 e. The first-order valence-corrected chi connectivity index (χ1v) is 14.8. The maximum absolute atomic E-state index is 10.5. The first-order chi connectivity index (χ1) is 18.3. The molecule has 3 aromatic rings. The minimum Gasteiger partial charge on any atom is -0.394 e. The topological polar surface area (TPSA) is 103 Å². The fourth-order valence-electron chi connectivity index (χ4n) is 4.16. The van der Waals surface area contributed by atoms with E-state index in [-0.39, 0.29) is 11.5 Å². The highest BCUT2D eigenvalue weighted by Gasteiger charge is 2.25. The van der Waals surface area contributed by atoms with Crippen molar-refractivity contribution in [3.8, 4) is 0 Å². The number of benzene rings is 3. The monoisotopic (exact) mass is 555 g/mol. The van der Waals surface area contributed by atoms with Crippen LogP contribution in [-0.2, 0) is 14.9 Å². The average molecular weight is 556 g/mol. The van der Waals surface area contributed by atoms with Crippen LogP contribution < -0.4 is 0 Å². The molecule has 0 bridgehead atoms. The van der Waals surface area contributed by atoms with Gasteiger partial charge >= 0.3 is 0 Å². The molecule has 0 atom stereocenters. The average Bonchev–Trinajstić information content (AvgIpc) is 3.08. The molecule has 8 nitrogen and oxygen atoms in total. The van der Waals surface area contributed by atoms with Crippen molar-refractivity contribution >= 4 is 33.4 Å². The van der Waals surface area contributed by atoms with Gasteiger partial charge in [0.1, 0.15) is 5.84 Å². The number of para-hydroxylation sites is 1. The number of aliphatic hydroxyl groups is 1. The number of ether oxygens (including phenoxy) is 1. The lowest BCUT2D eigenvalue weighted by atomic mass is 10.1. The molecule has 0 aliphatic carbocycles. The molecule has 2 N–H and O–H groups in total. The van der Waals surface area contributed by atoms with Gasteiger partial charge < -0.3 is 14.7 Å². The number of fused-ring (bicyclic) bond motifs is 2. The van der Waals surface area contributed by atoms with Gasteiger partial charge in [-0.3, -0.25) is 9.45 Å². The van der Waals surface area contributed by atoms with Gasteiger partial charge in [-0.15, -0.1) is 0 Å². The fraction of sp³-hybridized carbons (Fsp3) is 0.321. The van der Waals surface area contributed by atoms with E-state index in [1.54, 1.807) is 23.9 Å². The van der Waals surface area contributed by atoms with Crippen molar-refractivity contribution in [2.24, 2.45) is 4.99 Å².